The number of aliphatic hydroxyl groups is 2. The van der Waals surface area contributed by atoms with Crippen LogP contribution in [0.15, 0.2) is 35.5 Å². The lowest BCUT2D eigenvalue weighted by Crippen LogP contribution is -2.61. The monoisotopic (exact) mass is 654 g/mol. The Morgan fingerprint density at radius 1 is 0.936 bits per heavy atom. The number of allylic oxidation sites excluding steroid dienone is 2. The number of carbonyl (C=O) groups excluding carboxylic acids is 3. The molecule has 7 atom stereocenters. The quantitative estimate of drug-likeness (QED) is 0.0873. The highest BCUT2D eigenvalue weighted by atomic mass is 16.6. The van der Waals surface area contributed by atoms with Crippen LogP contribution >= 0.6 is 0 Å². The second-order valence-corrected chi connectivity index (χ2v) is 15.8. The van der Waals surface area contributed by atoms with Gasteiger partial charge in [-0.25, -0.2) is 0 Å². The fourth-order valence-electron chi connectivity index (χ4n) is 9.43. The number of esters is 2. The van der Waals surface area contributed by atoms with Crippen molar-refractivity contribution in [1.29, 1.82) is 0 Å². The summed E-state index contributed by atoms with van der Waals surface area (Å²) in [4.78, 5) is 38.4. The van der Waals surface area contributed by atoms with E-state index >= 15 is 0 Å². The Labute approximate surface area is 283 Å². The van der Waals surface area contributed by atoms with Crippen molar-refractivity contribution in [2.75, 3.05) is 6.61 Å². The van der Waals surface area contributed by atoms with Gasteiger partial charge in [0.15, 0.2) is 5.78 Å². The van der Waals surface area contributed by atoms with Gasteiger partial charge in [0, 0.05) is 42.9 Å². The molecular formula is C40H62O7. The molecule has 4 rings (SSSR count). The van der Waals surface area contributed by atoms with Gasteiger partial charge in [-0.3, -0.25) is 14.4 Å². The molecule has 0 spiro atoms. The van der Waals surface area contributed by atoms with Crippen LogP contribution in [0, 0.1) is 29.1 Å². The molecule has 4 aliphatic rings. The Bertz CT molecular complexity index is 1230. The van der Waals surface area contributed by atoms with E-state index in [1.807, 2.05) is 13.0 Å². The van der Waals surface area contributed by atoms with Gasteiger partial charge in [-0.05, 0) is 62.5 Å². The molecule has 2 N–H and O–H groups in total. The minimum absolute atomic E-state index is 0.00965. The molecule has 4 aliphatic carbocycles. The average molecular weight is 655 g/mol. The fourth-order valence-corrected chi connectivity index (χ4v) is 9.43. The standard InChI is InChI=1S/C40H62O7/c1-7-8-9-10-11-12-13-14-15-16-17-18-19-20-21-22-34(42)46-27-31-24-32-35-37(5,6)39(35,47-30(4)41)25-29(3)40(32,45)33-23-28(2)36(43)38(33,44)26-31/h14-15,23-24,29,32-33,35,44-45H,7-13,16-22,25-27H2,1-6H3/b15-14-/t29-,32+,33-,35-,38-,39+,40-/m1/s1. The highest BCUT2D eigenvalue weighted by Gasteiger charge is 2.83. The molecule has 0 bridgehead atoms. The zero-order chi connectivity index (χ0) is 34.5. The molecule has 0 aromatic carbocycles. The van der Waals surface area contributed by atoms with Gasteiger partial charge in [-0.1, -0.05) is 103 Å². The highest BCUT2D eigenvalue weighted by Crippen LogP contribution is 2.76. The lowest BCUT2D eigenvalue weighted by atomic mass is 9.60. The normalized spacial score (nSPS) is 33.7. The molecule has 2 saturated carbocycles. The molecule has 0 aliphatic heterocycles. The van der Waals surface area contributed by atoms with Crippen molar-refractivity contribution in [3.63, 3.8) is 0 Å². The lowest BCUT2D eigenvalue weighted by molar-refractivity contribution is -0.186. The van der Waals surface area contributed by atoms with E-state index < -0.39 is 34.1 Å². The molecule has 0 aromatic heterocycles. The summed E-state index contributed by atoms with van der Waals surface area (Å²) < 4.78 is 11.7. The molecule has 2 fully saturated rings. The van der Waals surface area contributed by atoms with Crippen molar-refractivity contribution >= 4 is 17.7 Å². The van der Waals surface area contributed by atoms with E-state index in [2.05, 4.69) is 32.9 Å². The van der Waals surface area contributed by atoms with E-state index in [-0.39, 0.29) is 42.6 Å². The highest BCUT2D eigenvalue weighted by molar-refractivity contribution is 6.04. The van der Waals surface area contributed by atoms with E-state index in [4.69, 9.17) is 9.47 Å². The summed E-state index contributed by atoms with van der Waals surface area (Å²) in [5.41, 5.74) is -3.33. The molecular weight excluding hydrogens is 592 g/mol. The van der Waals surface area contributed by atoms with Crippen molar-refractivity contribution in [3.8, 4) is 0 Å². The molecule has 0 unspecified atom stereocenters. The number of Topliss-reactive ketones (excluding diaryl/α,β-unsaturated/α-hetero) is 1. The number of rotatable bonds is 18. The molecule has 264 valence electrons. The van der Waals surface area contributed by atoms with Crippen molar-refractivity contribution in [1.82, 2.24) is 0 Å². The summed E-state index contributed by atoms with van der Waals surface area (Å²) in [6.07, 6.45) is 24.5. The van der Waals surface area contributed by atoms with Crippen LogP contribution < -0.4 is 0 Å². The first-order valence-corrected chi connectivity index (χ1v) is 18.6. The van der Waals surface area contributed by atoms with Gasteiger partial charge in [-0.15, -0.1) is 0 Å². The molecule has 47 heavy (non-hydrogen) atoms. The number of hydrogen-bond donors (Lipinski definition) is 2. The minimum Gasteiger partial charge on any atom is -0.461 e. The number of carbonyl (C=O) groups is 3. The van der Waals surface area contributed by atoms with Crippen LogP contribution in [0.1, 0.15) is 144 Å². The van der Waals surface area contributed by atoms with E-state index in [9.17, 15) is 24.6 Å². The predicted molar refractivity (Wildman–Crippen MR) is 184 cm³/mol. The van der Waals surface area contributed by atoms with Crippen molar-refractivity contribution in [2.45, 2.75) is 161 Å². The van der Waals surface area contributed by atoms with Gasteiger partial charge in [0.2, 0.25) is 0 Å². The van der Waals surface area contributed by atoms with Crippen LogP contribution in [-0.2, 0) is 23.9 Å². The van der Waals surface area contributed by atoms with Crippen molar-refractivity contribution in [3.05, 3.63) is 35.5 Å². The number of fused-ring (bicyclic) bond motifs is 5. The van der Waals surface area contributed by atoms with Crippen LogP contribution in [0.3, 0.4) is 0 Å². The first kappa shape index (κ1) is 37.6. The van der Waals surface area contributed by atoms with E-state index in [1.165, 1.54) is 58.3 Å². The molecule has 0 amide bonds. The second kappa shape index (κ2) is 15.5. The summed E-state index contributed by atoms with van der Waals surface area (Å²) in [6.45, 7) is 11.3. The average Bonchev–Trinajstić information content (AvgIpc) is 3.41. The Kier molecular flexibility index (Phi) is 12.4. The van der Waals surface area contributed by atoms with E-state index in [1.54, 1.807) is 13.0 Å². The van der Waals surface area contributed by atoms with E-state index in [0.29, 0.717) is 24.0 Å². The largest absolute Gasteiger partial charge is 0.461 e. The third-order valence-electron chi connectivity index (χ3n) is 12.1. The Hall–Kier alpha value is -2.25. The van der Waals surface area contributed by atoms with Gasteiger partial charge in [0.25, 0.3) is 0 Å². The van der Waals surface area contributed by atoms with Gasteiger partial charge in [0.05, 0.1) is 5.60 Å². The molecule has 7 nitrogen and oxygen atoms in total. The maximum atomic E-state index is 13.4. The van der Waals surface area contributed by atoms with E-state index in [0.717, 1.165) is 32.1 Å². The van der Waals surface area contributed by atoms with Gasteiger partial charge < -0.3 is 19.7 Å². The summed E-state index contributed by atoms with van der Waals surface area (Å²) in [6, 6.07) is 0. The molecule has 0 saturated heterocycles. The van der Waals surface area contributed by atoms with Gasteiger partial charge >= 0.3 is 11.9 Å². The lowest BCUT2D eigenvalue weighted by Gasteiger charge is -2.50. The van der Waals surface area contributed by atoms with Gasteiger partial charge in [-0.2, -0.15) is 0 Å². The third-order valence-corrected chi connectivity index (χ3v) is 12.1. The van der Waals surface area contributed by atoms with Crippen LogP contribution in [-0.4, -0.2) is 51.3 Å². The maximum Gasteiger partial charge on any atom is 0.306 e. The summed E-state index contributed by atoms with van der Waals surface area (Å²) in [7, 11) is 0. The zero-order valence-corrected chi connectivity index (χ0v) is 30.1. The first-order chi connectivity index (χ1) is 22.3. The van der Waals surface area contributed by atoms with Crippen molar-refractivity contribution < 1.29 is 34.1 Å². The smallest absolute Gasteiger partial charge is 0.306 e. The minimum atomic E-state index is -1.82. The molecule has 0 aromatic rings. The number of ketones is 1. The third kappa shape index (κ3) is 7.66. The summed E-state index contributed by atoms with van der Waals surface area (Å²) in [5.74, 6) is -2.91. The van der Waals surface area contributed by atoms with Gasteiger partial charge in [0.1, 0.15) is 17.8 Å². The Balaban J connectivity index is 1.28. The number of hydrogen-bond acceptors (Lipinski definition) is 7. The molecule has 0 radical (unpaired) electrons. The van der Waals surface area contributed by atoms with Crippen LogP contribution in [0.25, 0.3) is 0 Å². The Morgan fingerprint density at radius 3 is 2.15 bits per heavy atom. The predicted octanol–water partition coefficient (Wildman–Crippen LogP) is 8.12. The Morgan fingerprint density at radius 2 is 1.53 bits per heavy atom. The first-order valence-electron chi connectivity index (χ1n) is 18.6. The second-order valence-electron chi connectivity index (χ2n) is 15.8. The summed E-state index contributed by atoms with van der Waals surface area (Å²) in [5, 5.41) is 24.5. The maximum absolute atomic E-state index is 13.4. The van der Waals surface area contributed by atoms with Crippen LogP contribution in [0.5, 0.6) is 0 Å². The van der Waals surface area contributed by atoms with Crippen LogP contribution in [0.2, 0.25) is 0 Å². The molecule has 0 heterocycles. The zero-order valence-electron chi connectivity index (χ0n) is 30.1. The summed E-state index contributed by atoms with van der Waals surface area (Å²) >= 11 is 0. The number of ether oxygens (including phenoxy) is 2. The SMILES string of the molecule is CCCCCCCC/C=C\CCCCCCCC(=O)OCC1=C[C@H]2[C@@H]3C(C)(C)[C@]3(OC(C)=O)C[C@@H](C)[C@]2(O)[C@@H]2C=C(C)C(=O)[C@@]2(O)C1. The fraction of sp³-hybridized carbons (Fsp3) is 0.775. The molecule has 7 heteroatoms. The topological polar surface area (TPSA) is 110 Å². The number of unbranched alkanes of at least 4 members (excludes halogenated alkanes) is 11. The van der Waals surface area contributed by atoms with Crippen LogP contribution in [0.4, 0.5) is 0 Å². The van der Waals surface area contributed by atoms with Crippen molar-refractivity contribution in [2.24, 2.45) is 29.1 Å².